The first-order valence-corrected chi connectivity index (χ1v) is 6.64. The van der Waals surface area contributed by atoms with Crippen molar-refractivity contribution in [3.63, 3.8) is 0 Å². The van der Waals surface area contributed by atoms with Gasteiger partial charge in [0.05, 0.1) is 0 Å². The molecule has 0 saturated carbocycles. The van der Waals surface area contributed by atoms with Crippen molar-refractivity contribution in [2.24, 2.45) is 0 Å². The second-order valence-corrected chi connectivity index (χ2v) is 5.21. The Morgan fingerprint density at radius 3 is 2.71 bits per heavy atom. The van der Waals surface area contributed by atoms with Crippen LogP contribution >= 0.6 is 11.3 Å². The van der Waals surface area contributed by atoms with Gasteiger partial charge in [-0.2, -0.15) is 0 Å². The Morgan fingerprint density at radius 1 is 1.35 bits per heavy atom. The highest BCUT2D eigenvalue weighted by molar-refractivity contribution is 7.10. The normalized spacial score (nSPS) is 12.6. The van der Waals surface area contributed by atoms with E-state index < -0.39 is 0 Å². The molecule has 1 aromatic heterocycles. The lowest BCUT2D eigenvalue weighted by atomic mass is 10.0. The number of nitrogens with two attached hydrogens (primary N) is 1. The highest BCUT2D eigenvalue weighted by Gasteiger charge is 2.13. The molecule has 0 aliphatic carbocycles. The highest BCUT2D eigenvalue weighted by Crippen LogP contribution is 2.26. The van der Waals surface area contributed by atoms with Gasteiger partial charge in [0.1, 0.15) is 0 Å². The van der Waals surface area contributed by atoms with Crippen molar-refractivity contribution in [2.45, 2.75) is 19.4 Å². The number of thiophene rings is 1. The first-order chi connectivity index (χ1) is 8.20. The third-order valence-corrected chi connectivity index (χ3v) is 4.09. The Hall–Kier alpha value is -1.32. The van der Waals surface area contributed by atoms with Gasteiger partial charge in [-0.05, 0) is 49.0 Å². The summed E-state index contributed by atoms with van der Waals surface area (Å²) in [5, 5.41) is 5.55. The lowest BCUT2D eigenvalue weighted by molar-refractivity contribution is 0.603. The van der Waals surface area contributed by atoms with Crippen molar-refractivity contribution in [3.05, 3.63) is 51.7 Å². The summed E-state index contributed by atoms with van der Waals surface area (Å²) in [6.07, 6.45) is 0.934. The largest absolute Gasteiger partial charge is 0.399 e. The van der Waals surface area contributed by atoms with Gasteiger partial charge in [0.15, 0.2) is 0 Å². The lowest BCUT2D eigenvalue weighted by Gasteiger charge is -2.15. The van der Waals surface area contributed by atoms with E-state index in [1.807, 2.05) is 25.2 Å². The Labute approximate surface area is 106 Å². The molecule has 0 amide bonds. The van der Waals surface area contributed by atoms with Gasteiger partial charge >= 0.3 is 0 Å². The molecule has 90 valence electrons. The number of nitrogens with one attached hydrogen (secondary N) is 1. The fourth-order valence-electron chi connectivity index (χ4n) is 1.92. The minimum absolute atomic E-state index is 0.346. The van der Waals surface area contributed by atoms with Gasteiger partial charge < -0.3 is 11.1 Å². The van der Waals surface area contributed by atoms with E-state index >= 15 is 0 Å². The summed E-state index contributed by atoms with van der Waals surface area (Å²) < 4.78 is 0. The number of rotatable bonds is 4. The van der Waals surface area contributed by atoms with E-state index in [4.69, 9.17) is 5.73 Å². The number of hydrogen-bond donors (Lipinski definition) is 2. The molecule has 0 spiro atoms. The lowest BCUT2D eigenvalue weighted by Crippen LogP contribution is -2.18. The van der Waals surface area contributed by atoms with Crippen LogP contribution < -0.4 is 11.1 Å². The van der Waals surface area contributed by atoms with Crippen molar-refractivity contribution in [2.75, 3.05) is 12.8 Å². The van der Waals surface area contributed by atoms with Crippen molar-refractivity contribution < 1.29 is 0 Å². The highest BCUT2D eigenvalue weighted by atomic mass is 32.1. The first-order valence-electron chi connectivity index (χ1n) is 5.76. The molecule has 1 unspecified atom stereocenters. The number of para-hydroxylation sites is 1. The van der Waals surface area contributed by atoms with E-state index in [1.54, 1.807) is 11.3 Å². The number of aryl methyl sites for hydroxylation is 1. The molecule has 3 heteroatoms. The van der Waals surface area contributed by atoms with Crippen LogP contribution in [-0.4, -0.2) is 7.05 Å². The van der Waals surface area contributed by atoms with Crippen LogP contribution in [0.3, 0.4) is 0 Å². The second-order valence-electron chi connectivity index (χ2n) is 4.27. The molecule has 2 nitrogen and oxygen atoms in total. The fourth-order valence-corrected chi connectivity index (χ4v) is 2.93. The third kappa shape index (κ3) is 2.87. The van der Waals surface area contributed by atoms with Crippen molar-refractivity contribution in [1.82, 2.24) is 5.32 Å². The molecule has 0 fully saturated rings. The van der Waals surface area contributed by atoms with Crippen LogP contribution in [0.15, 0.2) is 35.7 Å². The molecule has 17 heavy (non-hydrogen) atoms. The van der Waals surface area contributed by atoms with E-state index in [0.717, 1.165) is 12.1 Å². The second kappa shape index (κ2) is 5.34. The Kier molecular flexibility index (Phi) is 3.82. The van der Waals surface area contributed by atoms with Crippen LogP contribution in [0.4, 0.5) is 5.69 Å². The SMILES string of the molecule is CNC(Cc1ccccc1N)c1cc(C)cs1. The summed E-state index contributed by atoms with van der Waals surface area (Å²) in [7, 11) is 2.00. The number of benzene rings is 1. The van der Waals surface area contributed by atoms with Crippen molar-refractivity contribution in [1.29, 1.82) is 0 Å². The average molecular weight is 246 g/mol. The molecule has 0 saturated heterocycles. The number of anilines is 1. The maximum atomic E-state index is 5.98. The number of hydrogen-bond acceptors (Lipinski definition) is 3. The van der Waals surface area contributed by atoms with Gasteiger partial charge in [0.2, 0.25) is 0 Å². The maximum Gasteiger partial charge on any atom is 0.0454 e. The van der Waals surface area contributed by atoms with E-state index in [0.29, 0.717) is 6.04 Å². The average Bonchev–Trinajstić information content (AvgIpc) is 2.75. The molecule has 1 atom stereocenters. The standard InChI is InChI=1S/C14H18N2S/c1-10-7-14(17-9-10)13(16-2)8-11-5-3-4-6-12(11)15/h3-7,9,13,16H,8,15H2,1-2H3. The summed E-state index contributed by atoms with van der Waals surface area (Å²) >= 11 is 1.80. The molecule has 0 radical (unpaired) electrons. The molecule has 0 bridgehead atoms. The predicted octanol–water partition coefficient (Wildman–Crippen LogP) is 3.14. The quantitative estimate of drug-likeness (QED) is 0.813. The van der Waals surface area contributed by atoms with Crippen LogP contribution in [0, 0.1) is 6.92 Å². The smallest absolute Gasteiger partial charge is 0.0454 e. The summed E-state index contributed by atoms with van der Waals surface area (Å²) in [4.78, 5) is 1.37. The zero-order valence-corrected chi connectivity index (χ0v) is 11.1. The van der Waals surface area contributed by atoms with Crippen molar-refractivity contribution in [3.8, 4) is 0 Å². The minimum atomic E-state index is 0.346. The Morgan fingerprint density at radius 2 is 2.12 bits per heavy atom. The van der Waals surface area contributed by atoms with Gasteiger partial charge in [-0.25, -0.2) is 0 Å². The predicted molar refractivity (Wildman–Crippen MR) is 75.4 cm³/mol. The van der Waals surface area contributed by atoms with Gasteiger partial charge in [-0.1, -0.05) is 18.2 Å². The molecule has 0 aliphatic heterocycles. The molecule has 2 aromatic rings. The maximum absolute atomic E-state index is 5.98. The zero-order valence-electron chi connectivity index (χ0n) is 10.2. The van der Waals surface area contributed by atoms with Crippen LogP contribution in [-0.2, 0) is 6.42 Å². The Balaban J connectivity index is 2.18. The minimum Gasteiger partial charge on any atom is -0.399 e. The van der Waals surface area contributed by atoms with Gasteiger partial charge in [0.25, 0.3) is 0 Å². The van der Waals surface area contributed by atoms with Gasteiger partial charge in [-0.3, -0.25) is 0 Å². The summed E-state index contributed by atoms with van der Waals surface area (Å²) in [6.45, 7) is 2.13. The monoisotopic (exact) mass is 246 g/mol. The summed E-state index contributed by atoms with van der Waals surface area (Å²) in [5.41, 5.74) is 9.39. The summed E-state index contributed by atoms with van der Waals surface area (Å²) in [6, 6.07) is 10.7. The number of nitrogen functional groups attached to an aromatic ring is 1. The molecule has 1 aromatic carbocycles. The first kappa shape index (κ1) is 12.1. The van der Waals surface area contributed by atoms with E-state index in [9.17, 15) is 0 Å². The topological polar surface area (TPSA) is 38.0 Å². The molecule has 0 aliphatic rings. The van der Waals surface area contributed by atoms with Crippen LogP contribution in [0.1, 0.15) is 22.0 Å². The van der Waals surface area contributed by atoms with E-state index in [-0.39, 0.29) is 0 Å². The third-order valence-electron chi connectivity index (χ3n) is 2.92. The van der Waals surface area contributed by atoms with E-state index in [1.165, 1.54) is 16.0 Å². The summed E-state index contributed by atoms with van der Waals surface area (Å²) in [5.74, 6) is 0. The van der Waals surface area contributed by atoms with Gasteiger partial charge in [-0.15, -0.1) is 11.3 Å². The van der Waals surface area contributed by atoms with Crippen LogP contribution in [0.25, 0.3) is 0 Å². The van der Waals surface area contributed by atoms with Gasteiger partial charge in [0, 0.05) is 16.6 Å². The van der Waals surface area contributed by atoms with Crippen LogP contribution in [0.2, 0.25) is 0 Å². The molecule has 1 heterocycles. The van der Waals surface area contributed by atoms with E-state index in [2.05, 4.69) is 29.8 Å². The van der Waals surface area contributed by atoms with Crippen LogP contribution in [0.5, 0.6) is 0 Å². The molecule has 3 N–H and O–H groups in total. The number of likely N-dealkylation sites (N-methyl/N-ethyl adjacent to an activating group) is 1. The van der Waals surface area contributed by atoms with Crippen molar-refractivity contribution >= 4 is 17.0 Å². The molecular weight excluding hydrogens is 228 g/mol. The zero-order chi connectivity index (χ0) is 12.3. The Bertz CT molecular complexity index is 490. The fraction of sp³-hybridized carbons (Fsp3) is 0.286. The molecular formula is C14H18N2S. The molecule has 2 rings (SSSR count).